The maximum absolute atomic E-state index is 6.31. The SMILES string of the molecule is Cc1cc(C)c2oc(Nc3ccc(-c4nn(C5CCN(C)CC5)c5ncnc(N)c45)cc3)nc2c1. The minimum absolute atomic E-state index is 0.295. The fourth-order valence-corrected chi connectivity index (χ4v) is 4.96. The number of nitrogen functional groups attached to an aromatic ring is 1. The summed E-state index contributed by atoms with van der Waals surface area (Å²) in [6.07, 6.45) is 3.58. The number of benzene rings is 2. The molecule has 35 heavy (non-hydrogen) atoms. The first kappa shape index (κ1) is 21.5. The zero-order valence-corrected chi connectivity index (χ0v) is 20.1. The summed E-state index contributed by atoms with van der Waals surface area (Å²) < 4.78 is 8.00. The molecular weight excluding hydrogens is 440 g/mol. The number of hydrogen-bond acceptors (Lipinski definition) is 8. The summed E-state index contributed by atoms with van der Waals surface area (Å²) in [6.45, 7) is 6.17. The molecule has 5 aromatic rings. The number of oxazole rings is 1. The topological polar surface area (TPSA) is 111 Å². The third kappa shape index (κ3) is 3.87. The van der Waals surface area contributed by atoms with Crippen molar-refractivity contribution in [1.82, 2.24) is 29.6 Å². The van der Waals surface area contributed by atoms with E-state index in [1.165, 1.54) is 6.33 Å². The highest BCUT2D eigenvalue weighted by Gasteiger charge is 2.25. The molecule has 4 heterocycles. The van der Waals surface area contributed by atoms with Crippen molar-refractivity contribution in [2.45, 2.75) is 32.7 Å². The van der Waals surface area contributed by atoms with Crippen molar-refractivity contribution < 1.29 is 4.42 Å². The van der Waals surface area contributed by atoms with Gasteiger partial charge in [-0.3, -0.25) is 0 Å². The Labute approximate surface area is 203 Å². The molecule has 1 aliphatic rings. The molecule has 9 heteroatoms. The van der Waals surface area contributed by atoms with Crippen molar-refractivity contribution in [3.63, 3.8) is 0 Å². The number of rotatable bonds is 4. The number of anilines is 3. The van der Waals surface area contributed by atoms with Crippen molar-refractivity contribution in [3.8, 4) is 11.3 Å². The maximum atomic E-state index is 6.31. The van der Waals surface area contributed by atoms with Gasteiger partial charge in [-0.1, -0.05) is 18.2 Å². The number of nitrogens with two attached hydrogens (primary N) is 1. The third-order valence-electron chi connectivity index (χ3n) is 6.78. The molecule has 0 atom stereocenters. The van der Waals surface area contributed by atoms with Gasteiger partial charge in [0.05, 0.1) is 11.4 Å². The van der Waals surface area contributed by atoms with E-state index in [-0.39, 0.29) is 0 Å². The van der Waals surface area contributed by atoms with E-state index < -0.39 is 0 Å². The van der Waals surface area contributed by atoms with Gasteiger partial charge in [-0.2, -0.15) is 10.1 Å². The molecule has 0 spiro atoms. The molecule has 0 bridgehead atoms. The fraction of sp³-hybridized carbons (Fsp3) is 0.308. The zero-order chi connectivity index (χ0) is 24.1. The highest BCUT2D eigenvalue weighted by Crippen LogP contribution is 2.35. The molecular formula is C26H28N8O. The predicted octanol–water partition coefficient (Wildman–Crippen LogP) is 4.84. The predicted molar refractivity (Wildman–Crippen MR) is 138 cm³/mol. The van der Waals surface area contributed by atoms with Crippen LogP contribution in [-0.2, 0) is 0 Å². The Bertz CT molecular complexity index is 1530. The van der Waals surface area contributed by atoms with Crippen molar-refractivity contribution in [1.29, 1.82) is 0 Å². The van der Waals surface area contributed by atoms with Crippen LogP contribution in [-0.4, -0.2) is 49.8 Å². The number of piperidine rings is 1. The van der Waals surface area contributed by atoms with Crippen LogP contribution in [0.15, 0.2) is 47.1 Å². The lowest BCUT2D eigenvalue weighted by Crippen LogP contribution is -2.31. The average molecular weight is 469 g/mol. The molecule has 1 saturated heterocycles. The van der Waals surface area contributed by atoms with Crippen LogP contribution >= 0.6 is 0 Å². The van der Waals surface area contributed by atoms with Gasteiger partial charge < -0.3 is 20.4 Å². The van der Waals surface area contributed by atoms with E-state index in [1.807, 2.05) is 41.9 Å². The summed E-state index contributed by atoms with van der Waals surface area (Å²) in [5.74, 6) is 0.448. The van der Waals surface area contributed by atoms with E-state index in [4.69, 9.17) is 15.2 Å². The Balaban J connectivity index is 1.32. The van der Waals surface area contributed by atoms with Crippen molar-refractivity contribution >= 4 is 39.7 Å². The van der Waals surface area contributed by atoms with Crippen molar-refractivity contribution in [2.75, 3.05) is 31.2 Å². The molecule has 6 rings (SSSR count). The van der Waals surface area contributed by atoms with Gasteiger partial charge in [-0.25, -0.2) is 14.6 Å². The Morgan fingerprint density at radius 2 is 1.83 bits per heavy atom. The molecule has 9 nitrogen and oxygen atoms in total. The number of hydrogen-bond donors (Lipinski definition) is 2. The Morgan fingerprint density at radius 3 is 2.60 bits per heavy atom. The van der Waals surface area contributed by atoms with Crippen molar-refractivity contribution in [2.24, 2.45) is 0 Å². The standard InChI is InChI=1S/C26H28N8O/c1-15-12-16(2)23-20(13-15)31-26(35-23)30-18-6-4-17(5-7-18)22-21-24(27)28-14-29-25(21)34(32-22)19-8-10-33(3)11-9-19/h4-7,12-14,19H,8-11H2,1-3H3,(H,30,31)(H2,27,28,29). The highest BCUT2D eigenvalue weighted by molar-refractivity contribution is 5.98. The number of likely N-dealkylation sites (tertiary alicyclic amines) is 1. The van der Waals surface area contributed by atoms with E-state index in [0.717, 1.165) is 76.1 Å². The molecule has 2 aromatic carbocycles. The smallest absolute Gasteiger partial charge is 0.300 e. The van der Waals surface area contributed by atoms with Crippen LogP contribution in [0, 0.1) is 13.8 Å². The fourth-order valence-electron chi connectivity index (χ4n) is 4.96. The van der Waals surface area contributed by atoms with E-state index >= 15 is 0 Å². The van der Waals surface area contributed by atoms with Crippen LogP contribution in [0.1, 0.15) is 30.0 Å². The van der Waals surface area contributed by atoms with Gasteiger partial charge in [-0.05, 0) is 76.2 Å². The second-order valence-corrected chi connectivity index (χ2v) is 9.44. The second-order valence-electron chi connectivity index (χ2n) is 9.44. The van der Waals surface area contributed by atoms with Crippen molar-refractivity contribution in [3.05, 3.63) is 53.9 Å². The maximum Gasteiger partial charge on any atom is 0.300 e. The monoisotopic (exact) mass is 468 g/mol. The van der Waals surface area contributed by atoms with Gasteiger partial charge in [0, 0.05) is 11.3 Å². The quantitative estimate of drug-likeness (QED) is 0.385. The van der Waals surface area contributed by atoms with Crippen LogP contribution in [0.5, 0.6) is 0 Å². The Kier molecular flexibility index (Phi) is 5.14. The number of aryl methyl sites for hydroxylation is 2. The van der Waals surface area contributed by atoms with Gasteiger partial charge in [0.2, 0.25) is 0 Å². The number of nitrogens with zero attached hydrogens (tertiary/aromatic N) is 6. The lowest BCUT2D eigenvalue weighted by molar-refractivity contribution is 0.215. The summed E-state index contributed by atoms with van der Waals surface area (Å²) in [5.41, 5.74) is 13.6. The molecule has 0 amide bonds. The Morgan fingerprint density at radius 1 is 1.06 bits per heavy atom. The lowest BCUT2D eigenvalue weighted by Gasteiger charge is -2.29. The molecule has 0 aliphatic carbocycles. The molecule has 3 N–H and O–H groups in total. The minimum atomic E-state index is 0.295. The number of fused-ring (bicyclic) bond motifs is 2. The van der Waals surface area contributed by atoms with Crippen LogP contribution in [0.3, 0.4) is 0 Å². The first-order chi connectivity index (χ1) is 17.0. The number of nitrogens with one attached hydrogen (secondary N) is 1. The molecule has 1 aliphatic heterocycles. The normalized spacial score (nSPS) is 15.3. The minimum Gasteiger partial charge on any atom is -0.423 e. The second kappa shape index (κ2) is 8.35. The van der Waals surface area contributed by atoms with Gasteiger partial charge in [0.15, 0.2) is 11.2 Å². The largest absolute Gasteiger partial charge is 0.423 e. The lowest BCUT2D eigenvalue weighted by atomic mass is 10.1. The van der Waals surface area contributed by atoms with Crippen LogP contribution in [0.2, 0.25) is 0 Å². The average Bonchev–Trinajstić information content (AvgIpc) is 3.43. The van der Waals surface area contributed by atoms with Crippen LogP contribution in [0.25, 0.3) is 33.4 Å². The van der Waals surface area contributed by atoms with E-state index in [0.29, 0.717) is 17.9 Å². The first-order valence-electron chi connectivity index (χ1n) is 11.9. The van der Waals surface area contributed by atoms with Crippen LogP contribution < -0.4 is 11.1 Å². The summed E-state index contributed by atoms with van der Waals surface area (Å²) in [5, 5.41) is 9.07. The highest BCUT2D eigenvalue weighted by atomic mass is 16.4. The van der Waals surface area contributed by atoms with E-state index in [1.54, 1.807) is 0 Å². The zero-order valence-electron chi connectivity index (χ0n) is 20.1. The van der Waals surface area contributed by atoms with Crippen LogP contribution in [0.4, 0.5) is 17.5 Å². The molecule has 0 saturated carbocycles. The summed E-state index contributed by atoms with van der Waals surface area (Å²) in [7, 11) is 2.15. The van der Waals surface area contributed by atoms with Gasteiger partial charge in [0.1, 0.15) is 23.4 Å². The van der Waals surface area contributed by atoms with E-state index in [9.17, 15) is 0 Å². The summed E-state index contributed by atoms with van der Waals surface area (Å²) in [4.78, 5) is 15.7. The molecule has 0 radical (unpaired) electrons. The summed E-state index contributed by atoms with van der Waals surface area (Å²) >= 11 is 0. The molecule has 1 fully saturated rings. The van der Waals surface area contributed by atoms with Gasteiger partial charge >= 0.3 is 0 Å². The van der Waals surface area contributed by atoms with Gasteiger partial charge in [0.25, 0.3) is 6.01 Å². The molecule has 178 valence electrons. The molecule has 3 aromatic heterocycles. The van der Waals surface area contributed by atoms with Gasteiger partial charge in [-0.15, -0.1) is 0 Å². The third-order valence-corrected chi connectivity index (χ3v) is 6.78. The first-order valence-corrected chi connectivity index (χ1v) is 11.9. The number of aromatic nitrogens is 5. The Hall–Kier alpha value is -3.98. The summed E-state index contributed by atoms with van der Waals surface area (Å²) in [6, 6.07) is 12.9. The van der Waals surface area contributed by atoms with E-state index in [2.05, 4.69) is 45.2 Å². The molecule has 0 unspecified atom stereocenters.